The summed E-state index contributed by atoms with van der Waals surface area (Å²) in [5.41, 5.74) is -1.41. The molecule has 29 heavy (non-hydrogen) atoms. The SMILES string of the molecule is CC1(C)C[C@H](O)C[C@@](C)(CN=Cc2c(O)n(-c3ccc(Cl)cc3)c(=O)[nH]c2=O)C1. The molecule has 0 spiro atoms. The zero-order chi connectivity index (χ0) is 21.4. The molecule has 3 N–H and O–H groups in total. The maximum atomic E-state index is 12.2. The van der Waals surface area contributed by atoms with Crippen molar-refractivity contribution in [3.05, 3.63) is 55.7 Å². The Morgan fingerprint density at radius 2 is 1.90 bits per heavy atom. The molecular formula is C21H26ClN3O4. The molecule has 8 heteroatoms. The van der Waals surface area contributed by atoms with E-state index in [4.69, 9.17) is 11.6 Å². The first-order valence-corrected chi connectivity index (χ1v) is 9.90. The lowest BCUT2D eigenvalue weighted by atomic mass is 9.63. The Kier molecular flexibility index (Phi) is 5.74. The van der Waals surface area contributed by atoms with Crippen LogP contribution >= 0.6 is 11.6 Å². The van der Waals surface area contributed by atoms with Crippen LogP contribution in [-0.2, 0) is 0 Å². The molecule has 1 fully saturated rings. The molecule has 3 rings (SSSR count). The Bertz CT molecular complexity index is 1040. The van der Waals surface area contributed by atoms with Crippen LogP contribution in [0.3, 0.4) is 0 Å². The zero-order valence-corrected chi connectivity index (χ0v) is 17.5. The summed E-state index contributed by atoms with van der Waals surface area (Å²) in [6.45, 7) is 6.70. The normalized spacial score (nSPS) is 24.1. The molecular weight excluding hydrogens is 394 g/mol. The summed E-state index contributed by atoms with van der Waals surface area (Å²) in [7, 11) is 0. The van der Waals surface area contributed by atoms with Crippen molar-refractivity contribution < 1.29 is 10.2 Å². The van der Waals surface area contributed by atoms with E-state index in [1.807, 2.05) is 0 Å². The van der Waals surface area contributed by atoms with E-state index in [-0.39, 0.29) is 22.5 Å². The number of aromatic amines is 1. The van der Waals surface area contributed by atoms with Crippen molar-refractivity contribution >= 4 is 17.8 Å². The average molecular weight is 420 g/mol. The van der Waals surface area contributed by atoms with E-state index >= 15 is 0 Å². The number of nitrogens with one attached hydrogen (secondary N) is 1. The van der Waals surface area contributed by atoms with Crippen LogP contribution in [0.1, 0.15) is 45.6 Å². The second-order valence-electron chi connectivity index (χ2n) is 8.99. The fourth-order valence-corrected chi connectivity index (χ4v) is 4.67. The average Bonchev–Trinajstić information content (AvgIpc) is 2.57. The van der Waals surface area contributed by atoms with Crippen molar-refractivity contribution in [2.24, 2.45) is 15.8 Å². The molecule has 0 saturated heterocycles. The van der Waals surface area contributed by atoms with Crippen LogP contribution in [-0.4, -0.2) is 38.6 Å². The Hall–Kier alpha value is -2.38. The van der Waals surface area contributed by atoms with Crippen LogP contribution < -0.4 is 11.2 Å². The monoisotopic (exact) mass is 419 g/mol. The molecule has 1 aliphatic rings. The molecule has 0 bridgehead atoms. The smallest absolute Gasteiger partial charge is 0.335 e. The number of aromatic hydroxyl groups is 1. The number of nitrogens with zero attached hydrogens (tertiary/aromatic N) is 2. The summed E-state index contributed by atoms with van der Waals surface area (Å²) in [4.78, 5) is 31.0. The number of rotatable bonds is 4. The number of hydrogen-bond acceptors (Lipinski definition) is 5. The van der Waals surface area contributed by atoms with Crippen molar-refractivity contribution in [1.29, 1.82) is 0 Å². The summed E-state index contributed by atoms with van der Waals surface area (Å²) in [5, 5.41) is 21.3. The number of H-pyrrole nitrogens is 1. The molecule has 7 nitrogen and oxygen atoms in total. The second-order valence-corrected chi connectivity index (χ2v) is 9.43. The quantitative estimate of drug-likeness (QED) is 0.662. The molecule has 0 aliphatic heterocycles. The summed E-state index contributed by atoms with van der Waals surface area (Å²) in [6.07, 6.45) is 3.17. The number of aromatic nitrogens is 2. The van der Waals surface area contributed by atoms with Crippen LogP contribution in [0, 0.1) is 10.8 Å². The van der Waals surface area contributed by atoms with Gasteiger partial charge in [-0.25, -0.2) is 9.36 Å². The minimum absolute atomic E-state index is 0.00333. The number of aliphatic hydroxyl groups excluding tert-OH is 1. The van der Waals surface area contributed by atoms with E-state index in [0.717, 1.165) is 17.4 Å². The van der Waals surface area contributed by atoms with Gasteiger partial charge in [0.25, 0.3) is 5.56 Å². The van der Waals surface area contributed by atoms with E-state index in [2.05, 4.69) is 30.7 Å². The third-order valence-electron chi connectivity index (χ3n) is 5.32. The topological polar surface area (TPSA) is 108 Å². The van der Waals surface area contributed by atoms with Crippen LogP contribution in [0.2, 0.25) is 5.02 Å². The minimum atomic E-state index is -0.754. The lowest BCUT2D eigenvalue weighted by Gasteiger charge is -2.44. The highest BCUT2D eigenvalue weighted by atomic mass is 35.5. The predicted octanol–water partition coefficient (Wildman–Crippen LogP) is 2.88. The molecule has 0 amide bonds. The van der Waals surface area contributed by atoms with Gasteiger partial charge in [-0.1, -0.05) is 32.4 Å². The number of benzene rings is 1. The van der Waals surface area contributed by atoms with Crippen molar-refractivity contribution in [2.75, 3.05) is 6.54 Å². The summed E-state index contributed by atoms with van der Waals surface area (Å²) < 4.78 is 0.994. The summed E-state index contributed by atoms with van der Waals surface area (Å²) in [5.74, 6) is -0.487. The summed E-state index contributed by atoms with van der Waals surface area (Å²) >= 11 is 5.87. The Labute approximate surface area is 173 Å². The van der Waals surface area contributed by atoms with Crippen molar-refractivity contribution in [1.82, 2.24) is 9.55 Å². The molecule has 1 aromatic carbocycles. The number of halogens is 1. The highest BCUT2D eigenvalue weighted by molar-refractivity contribution is 6.30. The third-order valence-corrected chi connectivity index (χ3v) is 5.57. The van der Waals surface area contributed by atoms with Gasteiger partial charge in [0.1, 0.15) is 5.56 Å². The van der Waals surface area contributed by atoms with Gasteiger partial charge in [-0.3, -0.25) is 14.8 Å². The molecule has 0 unspecified atom stereocenters. The highest BCUT2D eigenvalue weighted by Crippen LogP contribution is 2.46. The summed E-state index contributed by atoms with van der Waals surface area (Å²) in [6, 6.07) is 6.29. The van der Waals surface area contributed by atoms with Gasteiger partial charge in [0.2, 0.25) is 5.88 Å². The molecule has 0 radical (unpaired) electrons. The van der Waals surface area contributed by atoms with Crippen LogP contribution in [0.5, 0.6) is 5.88 Å². The van der Waals surface area contributed by atoms with Gasteiger partial charge in [0.05, 0.1) is 11.8 Å². The van der Waals surface area contributed by atoms with E-state index in [1.165, 1.54) is 6.21 Å². The third kappa shape index (κ3) is 4.79. The maximum absolute atomic E-state index is 12.2. The standard InChI is InChI=1S/C21H26ClN3O4/c1-20(2)8-15(26)9-21(3,11-20)12-23-10-16-17(27)24-19(29)25(18(16)28)14-6-4-13(22)5-7-14/h4-7,10,15,26,28H,8-9,11-12H2,1-3H3,(H,24,27,29)/t15-,21+/m0/s1. The second kappa shape index (κ2) is 7.80. The van der Waals surface area contributed by atoms with Crippen molar-refractivity contribution in [3.8, 4) is 11.6 Å². The molecule has 156 valence electrons. The van der Waals surface area contributed by atoms with Gasteiger partial charge in [0.15, 0.2) is 0 Å². The molecule has 1 heterocycles. The number of aliphatic hydroxyl groups is 1. The molecule has 1 aromatic heterocycles. The Balaban J connectivity index is 1.91. The van der Waals surface area contributed by atoms with Crippen molar-refractivity contribution in [3.63, 3.8) is 0 Å². The van der Waals surface area contributed by atoms with E-state index < -0.39 is 17.1 Å². The minimum Gasteiger partial charge on any atom is -0.493 e. The van der Waals surface area contributed by atoms with Gasteiger partial charge >= 0.3 is 5.69 Å². The Morgan fingerprint density at radius 3 is 2.52 bits per heavy atom. The molecule has 2 aromatic rings. The number of aliphatic imine (C=N–C) groups is 1. The van der Waals surface area contributed by atoms with E-state index in [1.54, 1.807) is 24.3 Å². The number of hydrogen-bond donors (Lipinski definition) is 3. The van der Waals surface area contributed by atoms with E-state index in [0.29, 0.717) is 23.7 Å². The van der Waals surface area contributed by atoms with Gasteiger partial charge in [-0.05, 0) is 54.4 Å². The first-order chi connectivity index (χ1) is 13.5. The van der Waals surface area contributed by atoms with Crippen molar-refractivity contribution in [2.45, 2.75) is 46.1 Å². The van der Waals surface area contributed by atoms with Gasteiger partial charge in [0, 0.05) is 17.8 Å². The maximum Gasteiger partial charge on any atom is 0.335 e. The molecule has 1 aliphatic carbocycles. The first kappa shape index (κ1) is 21.3. The molecule has 2 atom stereocenters. The molecule has 1 saturated carbocycles. The lowest BCUT2D eigenvalue weighted by molar-refractivity contribution is -0.00472. The van der Waals surface area contributed by atoms with Crippen LogP contribution in [0.25, 0.3) is 5.69 Å². The van der Waals surface area contributed by atoms with Crippen LogP contribution in [0.4, 0.5) is 0 Å². The van der Waals surface area contributed by atoms with E-state index in [9.17, 15) is 19.8 Å². The predicted molar refractivity (Wildman–Crippen MR) is 114 cm³/mol. The largest absolute Gasteiger partial charge is 0.493 e. The van der Waals surface area contributed by atoms with Crippen LogP contribution in [0.15, 0.2) is 38.8 Å². The van der Waals surface area contributed by atoms with Gasteiger partial charge in [-0.2, -0.15) is 0 Å². The van der Waals surface area contributed by atoms with Gasteiger partial charge < -0.3 is 10.2 Å². The zero-order valence-electron chi connectivity index (χ0n) is 16.8. The first-order valence-electron chi connectivity index (χ1n) is 9.52. The highest BCUT2D eigenvalue weighted by Gasteiger charge is 2.40. The fourth-order valence-electron chi connectivity index (χ4n) is 4.54. The fraction of sp³-hybridized carbons (Fsp3) is 0.476. The lowest BCUT2D eigenvalue weighted by Crippen LogP contribution is -2.40. The van der Waals surface area contributed by atoms with Gasteiger partial charge in [-0.15, -0.1) is 0 Å². The Morgan fingerprint density at radius 1 is 1.24 bits per heavy atom.